The van der Waals surface area contributed by atoms with E-state index in [-0.39, 0.29) is 29.8 Å². The minimum absolute atomic E-state index is 0. The first-order valence-corrected chi connectivity index (χ1v) is 10.1. The molecule has 156 valence electrons. The Morgan fingerprint density at radius 1 is 1.24 bits per heavy atom. The second kappa shape index (κ2) is 11.2. The smallest absolute Gasteiger partial charge is 0.194 e. The fourth-order valence-electron chi connectivity index (χ4n) is 2.78. The van der Waals surface area contributed by atoms with Crippen LogP contribution < -0.4 is 5.32 Å². The van der Waals surface area contributed by atoms with Crippen LogP contribution in [0.4, 0.5) is 4.39 Å². The summed E-state index contributed by atoms with van der Waals surface area (Å²) in [5, 5.41) is 11.0. The molecule has 1 N–H and O–H groups in total. The van der Waals surface area contributed by atoms with E-state index >= 15 is 0 Å². The number of rotatable bonds is 7. The normalized spacial score (nSPS) is 11.2. The zero-order chi connectivity index (χ0) is 19.9. The van der Waals surface area contributed by atoms with Crippen molar-refractivity contribution < 1.29 is 4.39 Å². The van der Waals surface area contributed by atoms with Crippen molar-refractivity contribution in [3.63, 3.8) is 0 Å². The van der Waals surface area contributed by atoms with Crippen molar-refractivity contribution in [2.24, 2.45) is 4.99 Å². The molecule has 0 saturated carbocycles. The average Bonchev–Trinajstić information content (AvgIpc) is 3.31. The molecule has 0 aliphatic carbocycles. The van der Waals surface area contributed by atoms with Gasteiger partial charge >= 0.3 is 0 Å². The minimum atomic E-state index is -0.252. The lowest BCUT2D eigenvalue weighted by atomic mass is 10.3. The fraction of sp³-hybridized carbons (Fsp3) is 0.350. The van der Waals surface area contributed by atoms with Crippen LogP contribution in [-0.2, 0) is 13.0 Å². The van der Waals surface area contributed by atoms with Gasteiger partial charge in [0.1, 0.15) is 5.82 Å². The summed E-state index contributed by atoms with van der Waals surface area (Å²) >= 11 is 1.66. The molecule has 3 aromatic rings. The maximum atomic E-state index is 13.1. The number of nitrogens with zero attached hydrogens (tertiary/aromatic N) is 5. The van der Waals surface area contributed by atoms with E-state index in [2.05, 4.69) is 32.6 Å². The van der Waals surface area contributed by atoms with E-state index in [1.54, 1.807) is 28.2 Å². The first kappa shape index (κ1) is 23.3. The first-order valence-electron chi connectivity index (χ1n) is 9.26. The Hall–Kier alpha value is -2.01. The number of halogens is 2. The Morgan fingerprint density at radius 2 is 2.00 bits per heavy atom. The Morgan fingerprint density at radius 3 is 2.66 bits per heavy atom. The number of nitrogens with one attached hydrogen (secondary N) is 1. The molecule has 2 aromatic heterocycles. The van der Waals surface area contributed by atoms with E-state index in [0.717, 1.165) is 47.6 Å². The topological polar surface area (TPSA) is 58.3 Å². The second-order valence-electron chi connectivity index (χ2n) is 6.43. The van der Waals surface area contributed by atoms with Gasteiger partial charge in [-0.25, -0.2) is 14.1 Å². The van der Waals surface area contributed by atoms with Gasteiger partial charge in [-0.15, -0.1) is 35.3 Å². The highest BCUT2D eigenvalue weighted by Gasteiger charge is 2.09. The van der Waals surface area contributed by atoms with Crippen molar-refractivity contribution in [2.45, 2.75) is 26.8 Å². The highest BCUT2D eigenvalue weighted by atomic mass is 127. The van der Waals surface area contributed by atoms with Crippen LogP contribution in [0, 0.1) is 12.7 Å². The number of guanidine groups is 1. The second-order valence-corrected chi connectivity index (χ2v) is 7.49. The van der Waals surface area contributed by atoms with Crippen molar-refractivity contribution in [2.75, 3.05) is 20.1 Å². The fourth-order valence-corrected chi connectivity index (χ4v) is 3.38. The lowest BCUT2D eigenvalue weighted by Gasteiger charge is -2.21. The van der Waals surface area contributed by atoms with Gasteiger partial charge in [-0.3, -0.25) is 4.99 Å². The molecule has 0 aliphatic heterocycles. The molecule has 0 bridgehead atoms. The summed E-state index contributed by atoms with van der Waals surface area (Å²) in [4.78, 5) is 11.3. The first-order chi connectivity index (χ1) is 13.5. The predicted octanol–water partition coefficient (Wildman–Crippen LogP) is 4.03. The lowest BCUT2D eigenvalue weighted by Crippen LogP contribution is -2.38. The molecular weight excluding hydrogens is 502 g/mol. The molecule has 0 radical (unpaired) electrons. The summed E-state index contributed by atoms with van der Waals surface area (Å²) < 4.78 is 14.8. The van der Waals surface area contributed by atoms with Gasteiger partial charge in [-0.05, 0) is 44.2 Å². The Balaban J connectivity index is 0.00000300. The summed E-state index contributed by atoms with van der Waals surface area (Å²) in [6.45, 7) is 6.22. The highest BCUT2D eigenvalue weighted by molar-refractivity contribution is 14.0. The molecule has 3 rings (SSSR count). The summed E-state index contributed by atoms with van der Waals surface area (Å²) in [7, 11) is 2.01. The summed E-state index contributed by atoms with van der Waals surface area (Å²) in [6.07, 6.45) is 2.61. The molecule has 0 atom stereocenters. The Bertz CT molecular complexity index is 921. The number of hydrogen-bond donors (Lipinski definition) is 1. The van der Waals surface area contributed by atoms with E-state index in [4.69, 9.17) is 4.99 Å². The lowest BCUT2D eigenvalue weighted by molar-refractivity contribution is 0.471. The number of aliphatic imine (C=N–C) groups is 1. The molecule has 0 saturated heterocycles. The third-order valence-corrected chi connectivity index (χ3v) is 4.95. The van der Waals surface area contributed by atoms with Gasteiger partial charge in [-0.1, -0.05) is 0 Å². The number of benzene rings is 1. The summed E-state index contributed by atoms with van der Waals surface area (Å²) in [6, 6.07) is 8.26. The van der Waals surface area contributed by atoms with Crippen molar-refractivity contribution in [1.29, 1.82) is 0 Å². The van der Waals surface area contributed by atoms with Crippen LogP contribution in [0.3, 0.4) is 0 Å². The van der Waals surface area contributed by atoms with Gasteiger partial charge in [0.15, 0.2) is 5.96 Å². The van der Waals surface area contributed by atoms with Crippen LogP contribution in [0.5, 0.6) is 0 Å². The van der Waals surface area contributed by atoms with Crippen LogP contribution >= 0.6 is 35.3 Å². The predicted molar refractivity (Wildman–Crippen MR) is 127 cm³/mol. The zero-order valence-corrected chi connectivity index (χ0v) is 19.9. The molecule has 0 spiro atoms. The van der Waals surface area contributed by atoms with Crippen LogP contribution in [0.2, 0.25) is 0 Å². The monoisotopic (exact) mass is 528 g/mol. The maximum Gasteiger partial charge on any atom is 0.194 e. The number of hydrogen-bond acceptors (Lipinski definition) is 4. The van der Waals surface area contributed by atoms with Crippen LogP contribution in [0.15, 0.2) is 46.9 Å². The number of aromatic nitrogens is 3. The van der Waals surface area contributed by atoms with E-state index in [9.17, 15) is 4.39 Å². The number of aryl methyl sites for hydroxylation is 1. The summed E-state index contributed by atoms with van der Waals surface area (Å²) in [5.41, 5.74) is 2.83. The molecular formula is C20H26FIN6S. The van der Waals surface area contributed by atoms with Crippen LogP contribution in [0.25, 0.3) is 5.69 Å². The molecule has 0 fully saturated rings. The van der Waals surface area contributed by atoms with E-state index < -0.39 is 0 Å². The maximum absolute atomic E-state index is 13.1. The van der Waals surface area contributed by atoms with Gasteiger partial charge in [-0.2, -0.15) is 5.10 Å². The molecule has 0 unspecified atom stereocenters. The largest absolute Gasteiger partial charge is 0.357 e. The highest BCUT2D eigenvalue weighted by Crippen LogP contribution is 2.11. The number of thiazole rings is 1. The van der Waals surface area contributed by atoms with Gasteiger partial charge in [0.05, 0.1) is 28.6 Å². The van der Waals surface area contributed by atoms with E-state index in [1.165, 1.54) is 12.1 Å². The zero-order valence-electron chi connectivity index (χ0n) is 16.8. The van der Waals surface area contributed by atoms with E-state index in [0.29, 0.717) is 6.54 Å². The van der Waals surface area contributed by atoms with Crippen molar-refractivity contribution >= 4 is 41.3 Å². The minimum Gasteiger partial charge on any atom is -0.357 e. The third-order valence-electron chi connectivity index (χ3n) is 4.13. The van der Waals surface area contributed by atoms with Crippen molar-refractivity contribution in [1.82, 2.24) is 25.0 Å². The quantitative estimate of drug-likeness (QED) is 0.286. The molecule has 6 nitrogen and oxygen atoms in total. The SMILES string of the molecule is CCNC(=NCCc1ccn(-c2ccc(F)cc2)n1)N(C)Cc1csc(C)n1.I. The van der Waals surface area contributed by atoms with E-state index in [1.807, 2.05) is 26.2 Å². The van der Waals surface area contributed by atoms with Crippen LogP contribution in [0.1, 0.15) is 23.3 Å². The van der Waals surface area contributed by atoms with Gasteiger partial charge in [0.2, 0.25) is 0 Å². The van der Waals surface area contributed by atoms with Gasteiger partial charge in [0.25, 0.3) is 0 Å². The molecule has 9 heteroatoms. The molecule has 2 heterocycles. The molecule has 29 heavy (non-hydrogen) atoms. The Labute approximate surface area is 191 Å². The Kier molecular flexibility index (Phi) is 9.02. The average molecular weight is 528 g/mol. The standard InChI is InChI=1S/C20H25FN6S.HI/c1-4-22-20(26(3)13-18-14-28-15(2)24-18)23-11-9-17-10-12-27(25-17)19-7-5-16(21)6-8-19;/h5-8,10,12,14H,4,9,11,13H2,1-3H3,(H,22,23);1H. The van der Waals surface area contributed by atoms with Crippen molar-refractivity contribution in [3.05, 3.63) is 64.1 Å². The molecule has 0 amide bonds. The molecule has 1 aromatic carbocycles. The van der Waals surface area contributed by atoms with Crippen molar-refractivity contribution in [3.8, 4) is 5.69 Å². The summed E-state index contributed by atoms with van der Waals surface area (Å²) in [5.74, 6) is 0.601. The van der Waals surface area contributed by atoms with Gasteiger partial charge in [0, 0.05) is 38.1 Å². The molecule has 0 aliphatic rings. The van der Waals surface area contributed by atoms with Gasteiger partial charge < -0.3 is 10.2 Å². The third kappa shape index (κ3) is 6.77. The van der Waals surface area contributed by atoms with Crippen LogP contribution in [-0.4, -0.2) is 45.8 Å².